The van der Waals surface area contributed by atoms with Gasteiger partial charge in [-0.3, -0.25) is 0 Å². The van der Waals surface area contributed by atoms with Crippen LogP contribution < -0.4 is 11.5 Å². The molecule has 0 aliphatic heterocycles. The molecule has 2 atom stereocenters. The Kier molecular flexibility index (Phi) is 6.39. The summed E-state index contributed by atoms with van der Waals surface area (Å²) >= 11 is 0. The zero-order chi connectivity index (χ0) is 9.56. The van der Waals surface area contributed by atoms with Crippen LogP contribution in [0.25, 0.3) is 0 Å². The number of rotatable bonds is 6. The molecular weight excluding hydrogens is 148 g/mol. The van der Waals surface area contributed by atoms with Gasteiger partial charge in [0.2, 0.25) is 0 Å². The van der Waals surface area contributed by atoms with Gasteiger partial charge in [-0.2, -0.15) is 0 Å². The van der Waals surface area contributed by atoms with Crippen LogP contribution in [0.1, 0.15) is 40.0 Å². The van der Waals surface area contributed by atoms with Gasteiger partial charge < -0.3 is 11.5 Å². The third-order valence-corrected chi connectivity index (χ3v) is 2.44. The highest BCUT2D eigenvalue weighted by molar-refractivity contribution is 4.69. The summed E-state index contributed by atoms with van der Waals surface area (Å²) in [5, 5.41) is 0. The summed E-state index contributed by atoms with van der Waals surface area (Å²) in [5.74, 6) is 1.39. The number of nitrogens with two attached hydrogens (primary N) is 2. The topological polar surface area (TPSA) is 52.0 Å². The Labute approximate surface area is 76.7 Å². The van der Waals surface area contributed by atoms with Gasteiger partial charge in [-0.15, -0.1) is 0 Å². The molecule has 0 heterocycles. The van der Waals surface area contributed by atoms with E-state index in [1.54, 1.807) is 0 Å². The molecule has 0 aromatic rings. The summed E-state index contributed by atoms with van der Waals surface area (Å²) in [4.78, 5) is 0. The summed E-state index contributed by atoms with van der Waals surface area (Å²) in [6.07, 6.45) is 3.81. The van der Waals surface area contributed by atoms with Crippen molar-refractivity contribution < 1.29 is 0 Å². The maximum absolute atomic E-state index is 5.81. The van der Waals surface area contributed by atoms with Gasteiger partial charge in [0, 0.05) is 12.6 Å². The van der Waals surface area contributed by atoms with Crippen LogP contribution in [0.5, 0.6) is 0 Å². The minimum absolute atomic E-state index is 0.192. The summed E-state index contributed by atoms with van der Waals surface area (Å²) in [6, 6.07) is 0.192. The quantitative estimate of drug-likeness (QED) is 0.641. The smallest absolute Gasteiger partial charge is 0.0189 e. The van der Waals surface area contributed by atoms with E-state index in [0.717, 1.165) is 5.92 Å². The summed E-state index contributed by atoms with van der Waals surface area (Å²) in [7, 11) is 0. The second-order valence-electron chi connectivity index (χ2n) is 4.20. The molecule has 0 spiro atoms. The molecule has 0 saturated carbocycles. The average molecular weight is 172 g/mol. The van der Waals surface area contributed by atoms with E-state index in [1.165, 1.54) is 19.3 Å². The molecule has 4 N–H and O–H groups in total. The lowest BCUT2D eigenvalue weighted by atomic mass is 9.94. The summed E-state index contributed by atoms with van der Waals surface area (Å²) < 4.78 is 0. The van der Waals surface area contributed by atoms with Gasteiger partial charge in [0.15, 0.2) is 0 Å². The first-order valence-electron chi connectivity index (χ1n) is 5.03. The molecule has 0 saturated heterocycles. The molecule has 0 fully saturated rings. The minimum atomic E-state index is 0.192. The molecule has 0 bridgehead atoms. The van der Waals surface area contributed by atoms with E-state index < -0.39 is 0 Å². The summed E-state index contributed by atoms with van der Waals surface area (Å²) in [6.45, 7) is 7.32. The maximum atomic E-state index is 5.81. The number of hydrogen-bond donors (Lipinski definition) is 2. The standard InChI is InChI=1S/C10H24N2/c1-8(2)5-4-6-9(3)10(12)7-11/h8-10H,4-7,11-12H2,1-3H3. The molecule has 0 aromatic heterocycles. The fraction of sp³-hybridized carbons (Fsp3) is 1.00. The Hall–Kier alpha value is -0.0800. The van der Waals surface area contributed by atoms with E-state index >= 15 is 0 Å². The van der Waals surface area contributed by atoms with Crippen LogP contribution in [-0.4, -0.2) is 12.6 Å². The van der Waals surface area contributed by atoms with E-state index in [9.17, 15) is 0 Å². The Bertz CT molecular complexity index is 102. The fourth-order valence-corrected chi connectivity index (χ4v) is 1.29. The first-order chi connectivity index (χ1) is 5.57. The normalized spacial score (nSPS) is 16.5. The van der Waals surface area contributed by atoms with Crippen LogP contribution in [0, 0.1) is 11.8 Å². The lowest BCUT2D eigenvalue weighted by Gasteiger charge is -2.18. The first kappa shape index (κ1) is 11.9. The van der Waals surface area contributed by atoms with Crippen molar-refractivity contribution in [2.24, 2.45) is 23.3 Å². The van der Waals surface area contributed by atoms with Crippen LogP contribution in [0.3, 0.4) is 0 Å². The van der Waals surface area contributed by atoms with Crippen molar-refractivity contribution in [3.8, 4) is 0 Å². The van der Waals surface area contributed by atoms with Crippen LogP contribution in [0.15, 0.2) is 0 Å². The molecule has 0 aliphatic rings. The van der Waals surface area contributed by atoms with Crippen molar-refractivity contribution in [1.82, 2.24) is 0 Å². The van der Waals surface area contributed by atoms with Crippen molar-refractivity contribution in [2.45, 2.75) is 46.1 Å². The first-order valence-corrected chi connectivity index (χ1v) is 5.03. The Morgan fingerprint density at radius 1 is 1.08 bits per heavy atom. The molecule has 0 aliphatic carbocycles. The van der Waals surface area contributed by atoms with Crippen molar-refractivity contribution in [1.29, 1.82) is 0 Å². The van der Waals surface area contributed by atoms with Crippen LogP contribution in [0.2, 0.25) is 0 Å². The van der Waals surface area contributed by atoms with E-state index in [4.69, 9.17) is 11.5 Å². The van der Waals surface area contributed by atoms with Crippen LogP contribution in [-0.2, 0) is 0 Å². The van der Waals surface area contributed by atoms with Crippen molar-refractivity contribution in [2.75, 3.05) is 6.54 Å². The van der Waals surface area contributed by atoms with Gasteiger partial charge in [0.05, 0.1) is 0 Å². The van der Waals surface area contributed by atoms with Crippen LogP contribution >= 0.6 is 0 Å². The predicted molar refractivity (Wildman–Crippen MR) is 54.9 cm³/mol. The van der Waals surface area contributed by atoms with Gasteiger partial charge >= 0.3 is 0 Å². The maximum Gasteiger partial charge on any atom is 0.0189 e. The largest absolute Gasteiger partial charge is 0.329 e. The average Bonchev–Trinajstić information content (AvgIpc) is 2.02. The third-order valence-electron chi connectivity index (χ3n) is 2.44. The van der Waals surface area contributed by atoms with Gasteiger partial charge in [0.1, 0.15) is 0 Å². The monoisotopic (exact) mass is 172 g/mol. The Morgan fingerprint density at radius 3 is 2.08 bits per heavy atom. The molecule has 0 amide bonds. The second-order valence-corrected chi connectivity index (χ2v) is 4.20. The molecule has 74 valence electrons. The zero-order valence-electron chi connectivity index (χ0n) is 8.72. The molecule has 0 rings (SSSR count). The minimum Gasteiger partial charge on any atom is -0.329 e. The van der Waals surface area contributed by atoms with E-state index in [2.05, 4.69) is 20.8 Å². The van der Waals surface area contributed by atoms with Gasteiger partial charge in [-0.25, -0.2) is 0 Å². The van der Waals surface area contributed by atoms with Crippen molar-refractivity contribution >= 4 is 0 Å². The lowest BCUT2D eigenvalue weighted by Crippen LogP contribution is -2.35. The predicted octanol–water partition coefficient (Wildman–Crippen LogP) is 1.73. The molecular formula is C10H24N2. The second kappa shape index (κ2) is 6.44. The molecule has 2 heteroatoms. The molecule has 2 unspecified atom stereocenters. The fourth-order valence-electron chi connectivity index (χ4n) is 1.29. The SMILES string of the molecule is CC(C)CCCC(C)C(N)CN. The van der Waals surface area contributed by atoms with Crippen molar-refractivity contribution in [3.05, 3.63) is 0 Å². The lowest BCUT2D eigenvalue weighted by molar-refractivity contribution is 0.398. The highest BCUT2D eigenvalue weighted by Gasteiger charge is 2.10. The van der Waals surface area contributed by atoms with E-state index in [-0.39, 0.29) is 6.04 Å². The number of hydrogen-bond acceptors (Lipinski definition) is 2. The van der Waals surface area contributed by atoms with Gasteiger partial charge in [0.25, 0.3) is 0 Å². The van der Waals surface area contributed by atoms with Crippen molar-refractivity contribution in [3.63, 3.8) is 0 Å². The Morgan fingerprint density at radius 2 is 1.67 bits per heavy atom. The zero-order valence-corrected chi connectivity index (χ0v) is 8.72. The molecule has 2 nitrogen and oxygen atoms in total. The van der Waals surface area contributed by atoms with E-state index in [1.807, 2.05) is 0 Å². The van der Waals surface area contributed by atoms with Gasteiger partial charge in [-0.1, -0.05) is 33.6 Å². The molecule has 12 heavy (non-hydrogen) atoms. The molecule has 0 radical (unpaired) electrons. The Balaban J connectivity index is 3.37. The third kappa shape index (κ3) is 5.56. The highest BCUT2D eigenvalue weighted by Crippen LogP contribution is 2.13. The van der Waals surface area contributed by atoms with Crippen LogP contribution in [0.4, 0.5) is 0 Å². The highest BCUT2D eigenvalue weighted by atomic mass is 14.7. The van der Waals surface area contributed by atoms with E-state index in [0.29, 0.717) is 12.5 Å². The van der Waals surface area contributed by atoms with Gasteiger partial charge in [-0.05, 0) is 18.3 Å². The summed E-state index contributed by atoms with van der Waals surface area (Å²) in [5.41, 5.74) is 11.3. The molecule has 0 aromatic carbocycles.